The van der Waals surface area contributed by atoms with E-state index < -0.39 is 52.8 Å². The van der Waals surface area contributed by atoms with Crippen molar-refractivity contribution in [3.05, 3.63) is 78.4 Å². The lowest BCUT2D eigenvalue weighted by Gasteiger charge is -2.29. The highest BCUT2D eigenvalue weighted by atomic mass is 32.2. The van der Waals surface area contributed by atoms with Gasteiger partial charge in [-0.05, 0) is 81.7 Å². The zero-order chi connectivity index (χ0) is 33.5. The number of alkyl halides is 3. The van der Waals surface area contributed by atoms with Crippen molar-refractivity contribution >= 4 is 48.9 Å². The number of thioether (sulfide) groups is 1. The molecule has 0 saturated carbocycles. The average Bonchev–Trinajstić information content (AvgIpc) is 3.02. The number of amides is 1. The van der Waals surface area contributed by atoms with Crippen molar-refractivity contribution in [3.8, 4) is 0 Å². The summed E-state index contributed by atoms with van der Waals surface area (Å²) in [6, 6.07) is 17.4. The summed E-state index contributed by atoms with van der Waals surface area (Å²) in [4.78, 5) is 15.7. The Morgan fingerprint density at radius 3 is 2.24 bits per heavy atom. The van der Waals surface area contributed by atoms with Gasteiger partial charge in [-0.25, -0.2) is 21.6 Å². The van der Waals surface area contributed by atoms with E-state index in [2.05, 4.69) is 15.5 Å². The van der Waals surface area contributed by atoms with Gasteiger partial charge in [0.1, 0.15) is 4.90 Å². The molecule has 0 aromatic heterocycles. The number of nitrogens with one attached hydrogen (secondary N) is 3. The quantitative estimate of drug-likeness (QED) is 0.225. The number of halogens is 3. The molecule has 1 unspecified atom stereocenters. The number of sulfone groups is 1. The molecule has 1 fully saturated rings. The van der Waals surface area contributed by atoms with Crippen LogP contribution in [0.2, 0.25) is 0 Å². The first-order valence-corrected chi connectivity index (χ1v) is 18.3. The third kappa shape index (κ3) is 9.15. The van der Waals surface area contributed by atoms with Gasteiger partial charge < -0.3 is 20.4 Å². The number of sulfonamides is 1. The number of anilines is 2. The van der Waals surface area contributed by atoms with Gasteiger partial charge in [0.25, 0.3) is 25.8 Å². The highest BCUT2D eigenvalue weighted by Gasteiger charge is 2.48. The zero-order valence-corrected chi connectivity index (χ0v) is 27.7. The molecule has 1 atom stereocenters. The number of carbonyl (C=O) groups is 1. The van der Waals surface area contributed by atoms with Gasteiger partial charge in [0.2, 0.25) is 0 Å². The summed E-state index contributed by atoms with van der Waals surface area (Å²) in [6.45, 7) is 3.66. The Balaban J connectivity index is 1.60. The third-order valence-corrected chi connectivity index (χ3v) is 11.2. The van der Waals surface area contributed by atoms with E-state index in [0.29, 0.717) is 24.8 Å². The Morgan fingerprint density at radius 2 is 1.63 bits per heavy atom. The Bertz CT molecular complexity index is 1700. The molecule has 1 heterocycles. The topological polar surface area (TPSA) is 128 Å². The Kier molecular flexibility index (Phi) is 11.6. The van der Waals surface area contributed by atoms with Crippen molar-refractivity contribution in [2.75, 3.05) is 62.8 Å². The van der Waals surface area contributed by atoms with E-state index in [4.69, 9.17) is 0 Å². The predicted molar refractivity (Wildman–Crippen MR) is 174 cm³/mol. The number of rotatable bonds is 13. The molecule has 16 heteroatoms. The summed E-state index contributed by atoms with van der Waals surface area (Å²) in [5.74, 6) is -0.636. The number of benzene rings is 3. The Morgan fingerprint density at radius 1 is 0.978 bits per heavy atom. The monoisotopic (exact) mass is 699 g/mol. The maximum absolute atomic E-state index is 13.8. The number of hydrogen-bond acceptors (Lipinski definition) is 10. The zero-order valence-electron chi connectivity index (χ0n) is 25.2. The summed E-state index contributed by atoms with van der Waals surface area (Å²) in [7, 11) is -7.11. The van der Waals surface area contributed by atoms with Gasteiger partial charge in [-0.3, -0.25) is 4.79 Å². The van der Waals surface area contributed by atoms with E-state index in [0.717, 1.165) is 48.9 Å². The summed E-state index contributed by atoms with van der Waals surface area (Å²) in [5.41, 5.74) is -5.26. The molecule has 1 saturated heterocycles. The lowest BCUT2D eigenvalue weighted by Crippen LogP contribution is -2.43. The highest BCUT2D eigenvalue weighted by molar-refractivity contribution is 7.99. The summed E-state index contributed by atoms with van der Waals surface area (Å²) >= 11 is 1.44. The van der Waals surface area contributed by atoms with Gasteiger partial charge in [-0.2, -0.15) is 13.2 Å². The first-order chi connectivity index (χ1) is 21.7. The minimum absolute atomic E-state index is 0.00327. The van der Waals surface area contributed by atoms with E-state index in [1.165, 1.54) is 23.9 Å². The van der Waals surface area contributed by atoms with Crippen molar-refractivity contribution in [2.24, 2.45) is 0 Å². The SMILES string of the molecule is CN(C)CCC(CSc1ccccc1)Nc1ccc(S(=O)(=O)NC(=O)c2ccc(N3CCNCC3)cc2)cc1S(=O)(=O)C(F)(F)F. The minimum atomic E-state index is -6.00. The minimum Gasteiger partial charge on any atom is -0.380 e. The summed E-state index contributed by atoms with van der Waals surface area (Å²) in [5, 5.41) is 6.14. The van der Waals surface area contributed by atoms with Crippen LogP contribution in [0.3, 0.4) is 0 Å². The second kappa shape index (κ2) is 15.1. The molecule has 0 spiro atoms. The molecule has 46 heavy (non-hydrogen) atoms. The number of piperazine rings is 1. The molecule has 3 N–H and O–H groups in total. The van der Waals surface area contributed by atoms with Gasteiger partial charge >= 0.3 is 5.51 Å². The molecule has 3 aromatic carbocycles. The molecule has 0 aliphatic carbocycles. The maximum atomic E-state index is 13.8. The summed E-state index contributed by atoms with van der Waals surface area (Å²) in [6.07, 6.45) is 0.446. The van der Waals surface area contributed by atoms with Crippen LogP contribution in [0.1, 0.15) is 16.8 Å². The smallest absolute Gasteiger partial charge is 0.380 e. The van der Waals surface area contributed by atoms with E-state index in [9.17, 15) is 34.8 Å². The molecule has 1 aliphatic rings. The normalized spacial score (nSPS) is 15.0. The molecular weight excluding hydrogens is 664 g/mol. The number of nitrogens with zero attached hydrogens (tertiary/aromatic N) is 2. The largest absolute Gasteiger partial charge is 0.501 e. The molecule has 1 amide bonds. The fraction of sp³-hybridized carbons (Fsp3) is 0.367. The number of carbonyl (C=O) groups excluding carboxylic acids is 1. The van der Waals surface area contributed by atoms with Crippen LogP contribution in [0.25, 0.3) is 0 Å². The van der Waals surface area contributed by atoms with Crippen LogP contribution < -0.4 is 20.3 Å². The number of hydrogen-bond donors (Lipinski definition) is 3. The van der Waals surface area contributed by atoms with E-state index in [1.54, 1.807) is 12.1 Å². The van der Waals surface area contributed by atoms with Crippen LogP contribution >= 0.6 is 11.8 Å². The standard InChI is InChI=1S/C30H36F3N5O5S3/c1-37(2)17-14-23(21-44-25-6-4-3-5-7-25)35-27-13-12-26(20-28(27)45(40,41)30(31,32)33)46(42,43)36-29(39)22-8-10-24(11-9-22)38-18-15-34-16-19-38/h3-13,20,23,34-35H,14-19,21H2,1-2H3,(H,36,39). The van der Waals surface area contributed by atoms with Gasteiger partial charge in [0.05, 0.1) is 10.6 Å². The maximum Gasteiger partial charge on any atom is 0.501 e. The Hall–Kier alpha value is -3.31. The first kappa shape index (κ1) is 35.5. The van der Waals surface area contributed by atoms with Crippen molar-refractivity contribution in [1.82, 2.24) is 14.9 Å². The third-order valence-electron chi connectivity index (χ3n) is 7.18. The molecule has 1 aliphatic heterocycles. The fourth-order valence-electron chi connectivity index (χ4n) is 4.67. The van der Waals surface area contributed by atoms with Crippen LogP contribution in [0, 0.1) is 0 Å². The predicted octanol–water partition coefficient (Wildman–Crippen LogP) is 4.03. The van der Waals surface area contributed by atoms with E-state index >= 15 is 0 Å². The Labute approximate surface area is 271 Å². The molecular formula is C30H36F3N5O5S3. The van der Waals surface area contributed by atoms with Crippen molar-refractivity contribution in [2.45, 2.75) is 32.7 Å². The molecule has 0 bridgehead atoms. The van der Waals surface area contributed by atoms with Gasteiger partial charge in [-0.15, -0.1) is 11.8 Å². The summed E-state index contributed by atoms with van der Waals surface area (Å²) < 4.78 is 95.1. The van der Waals surface area contributed by atoms with Gasteiger partial charge in [0.15, 0.2) is 0 Å². The lowest BCUT2D eigenvalue weighted by atomic mass is 10.2. The average molecular weight is 700 g/mol. The van der Waals surface area contributed by atoms with Gasteiger partial charge in [0, 0.05) is 54.1 Å². The lowest BCUT2D eigenvalue weighted by molar-refractivity contribution is -0.0435. The second-order valence-corrected chi connectivity index (χ2v) is 15.6. The molecule has 10 nitrogen and oxygen atoms in total. The van der Waals surface area contributed by atoms with E-state index in [-0.39, 0.29) is 5.56 Å². The van der Waals surface area contributed by atoms with E-state index in [1.807, 2.05) is 54.0 Å². The first-order valence-electron chi connectivity index (χ1n) is 14.3. The van der Waals surface area contributed by atoms with Gasteiger partial charge in [-0.1, -0.05) is 18.2 Å². The molecule has 3 aromatic rings. The molecule has 0 radical (unpaired) electrons. The molecule has 250 valence electrons. The van der Waals surface area contributed by atoms with Crippen LogP contribution in [-0.4, -0.2) is 91.8 Å². The van der Waals surface area contributed by atoms with Crippen molar-refractivity contribution in [3.63, 3.8) is 0 Å². The fourth-order valence-corrected chi connectivity index (χ4v) is 7.68. The van der Waals surface area contributed by atoms with Crippen LogP contribution in [0.4, 0.5) is 24.5 Å². The second-order valence-electron chi connectivity index (χ2n) is 10.9. The molecule has 4 rings (SSSR count). The van der Waals surface area contributed by atoms with Crippen molar-refractivity contribution < 1.29 is 34.8 Å². The van der Waals surface area contributed by atoms with Crippen LogP contribution in [0.5, 0.6) is 0 Å². The van der Waals surface area contributed by atoms with Crippen LogP contribution in [-0.2, 0) is 19.9 Å². The van der Waals surface area contributed by atoms with Crippen molar-refractivity contribution in [1.29, 1.82) is 0 Å². The van der Waals surface area contributed by atoms with Crippen LogP contribution in [0.15, 0.2) is 87.5 Å². The highest BCUT2D eigenvalue weighted by Crippen LogP contribution is 2.36.